The van der Waals surface area contributed by atoms with Gasteiger partial charge in [0.25, 0.3) is 0 Å². The summed E-state index contributed by atoms with van der Waals surface area (Å²) in [5, 5.41) is 0. The molecule has 0 heterocycles. The Morgan fingerprint density at radius 1 is 1.19 bits per heavy atom. The Morgan fingerprint density at radius 2 is 1.88 bits per heavy atom. The first-order valence-electron chi connectivity index (χ1n) is 6.04. The number of esters is 1. The van der Waals surface area contributed by atoms with Gasteiger partial charge in [0, 0.05) is 12.5 Å². The zero-order valence-electron chi connectivity index (χ0n) is 10.4. The molecule has 0 unspecified atom stereocenters. The molecular formula is C14H22O2. The van der Waals surface area contributed by atoms with Gasteiger partial charge in [0.1, 0.15) is 0 Å². The molecule has 0 saturated carbocycles. The summed E-state index contributed by atoms with van der Waals surface area (Å²) in [5.41, 5.74) is 0. The third-order valence-corrected chi connectivity index (χ3v) is 2.26. The van der Waals surface area contributed by atoms with Crippen molar-refractivity contribution < 1.29 is 9.53 Å². The summed E-state index contributed by atoms with van der Waals surface area (Å²) in [7, 11) is 1.36. The van der Waals surface area contributed by atoms with Crippen LogP contribution >= 0.6 is 0 Å². The molecule has 0 aliphatic rings. The second-order valence-electron chi connectivity index (χ2n) is 3.70. The fourth-order valence-electron chi connectivity index (χ4n) is 1.30. The zero-order valence-corrected chi connectivity index (χ0v) is 10.4. The molecule has 2 nitrogen and oxygen atoms in total. The lowest BCUT2D eigenvalue weighted by Gasteiger charge is -1.96. The van der Waals surface area contributed by atoms with Crippen molar-refractivity contribution in [3.63, 3.8) is 0 Å². The molecule has 0 aliphatic heterocycles. The van der Waals surface area contributed by atoms with E-state index in [-0.39, 0.29) is 5.97 Å². The SMILES string of the molecule is CCCCCCCCC#C/C=C\C(=O)OC. The number of rotatable bonds is 7. The number of allylic oxidation sites excluding steroid dienone is 1. The molecule has 90 valence electrons. The molecule has 16 heavy (non-hydrogen) atoms. The highest BCUT2D eigenvalue weighted by atomic mass is 16.5. The molecule has 2 heteroatoms. The Balaban J connectivity index is 3.34. The summed E-state index contributed by atoms with van der Waals surface area (Å²) in [6, 6.07) is 0. The van der Waals surface area contributed by atoms with Gasteiger partial charge >= 0.3 is 5.97 Å². The van der Waals surface area contributed by atoms with E-state index in [0.717, 1.165) is 12.8 Å². The monoisotopic (exact) mass is 222 g/mol. The fraction of sp³-hybridized carbons (Fsp3) is 0.643. The molecule has 0 aromatic carbocycles. The highest BCUT2D eigenvalue weighted by Gasteiger charge is 1.88. The second-order valence-corrected chi connectivity index (χ2v) is 3.70. The van der Waals surface area contributed by atoms with Gasteiger partial charge in [0.05, 0.1) is 7.11 Å². The van der Waals surface area contributed by atoms with Crippen LogP contribution in [0, 0.1) is 11.8 Å². The van der Waals surface area contributed by atoms with E-state index in [2.05, 4.69) is 23.5 Å². The minimum Gasteiger partial charge on any atom is -0.466 e. The van der Waals surface area contributed by atoms with E-state index in [1.807, 2.05) is 0 Å². The Hall–Kier alpha value is -1.23. The lowest BCUT2D eigenvalue weighted by atomic mass is 10.1. The third kappa shape index (κ3) is 10.8. The number of methoxy groups -OCH3 is 1. The van der Waals surface area contributed by atoms with Crippen molar-refractivity contribution in [2.24, 2.45) is 0 Å². The van der Waals surface area contributed by atoms with Crippen LogP contribution in [0.25, 0.3) is 0 Å². The van der Waals surface area contributed by atoms with Crippen molar-refractivity contribution in [1.82, 2.24) is 0 Å². The zero-order chi connectivity index (χ0) is 12.1. The molecule has 0 saturated heterocycles. The average Bonchev–Trinajstić information content (AvgIpc) is 2.31. The first-order valence-corrected chi connectivity index (χ1v) is 6.04. The van der Waals surface area contributed by atoms with Gasteiger partial charge in [0.15, 0.2) is 0 Å². The fourth-order valence-corrected chi connectivity index (χ4v) is 1.30. The van der Waals surface area contributed by atoms with Gasteiger partial charge in [0.2, 0.25) is 0 Å². The normalized spacial score (nSPS) is 9.88. The number of hydrogen-bond acceptors (Lipinski definition) is 2. The quantitative estimate of drug-likeness (QED) is 0.285. The van der Waals surface area contributed by atoms with E-state index in [9.17, 15) is 4.79 Å². The summed E-state index contributed by atoms with van der Waals surface area (Å²) in [4.78, 5) is 10.7. The van der Waals surface area contributed by atoms with E-state index in [0.29, 0.717) is 0 Å². The molecule has 0 N–H and O–H groups in total. The molecule has 0 aromatic rings. The maximum Gasteiger partial charge on any atom is 0.331 e. The summed E-state index contributed by atoms with van der Waals surface area (Å²) >= 11 is 0. The van der Waals surface area contributed by atoms with Crippen LogP contribution in [0.4, 0.5) is 0 Å². The minimum absolute atomic E-state index is 0.353. The lowest BCUT2D eigenvalue weighted by molar-refractivity contribution is -0.134. The van der Waals surface area contributed by atoms with E-state index < -0.39 is 0 Å². The van der Waals surface area contributed by atoms with Crippen molar-refractivity contribution in [2.75, 3.05) is 7.11 Å². The maximum absolute atomic E-state index is 10.7. The summed E-state index contributed by atoms with van der Waals surface area (Å²) in [6.07, 6.45) is 11.5. The molecule has 0 radical (unpaired) electrons. The van der Waals surface area contributed by atoms with Gasteiger partial charge < -0.3 is 4.74 Å². The number of ether oxygens (including phenoxy) is 1. The van der Waals surface area contributed by atoms with Crippen molar-refractivity contribution in [3.05, 3.63) is 12.2 Å². The first-order chi connectivity index (χ1) is 7.81. The van der Waals surface area contributed by atoms with Gasteiger partial charge in [-0.15, -0.1) is 0 Å². The Bertz CT molecular complexity index is 256. The van der Waals surface area contributed by atoms with Crippen molar-refractivity contribution in [3.8, 4) is 11.8 Å². The molecule has 0 spiro atoms. The van der Waals surface area contributed by atoms with Crippen molar-refractivity contribution in [2.45, 2.75) is 51.9 Å². The molecule has 0 bridgehead atoms. The van der Waals surface area contributed by atoms with Crippen LogP contribution < -0.4 is 0 Å². The Labute approximate surface area is 99.1 Å². The molecule has 0 aromatic heterocycles. The molecule has 0 aliphatic carbocycles. The first kappa shape index (κ1) is 14.8. The van der Waals surface area contributed by atoms with Crippen LogP contribution in [-0.4, -0.2) is 13.1 Å². The van der Waals surface area contributed by atoms with Crippen LogP contribution in [0.2, 0.25) is 0 Å². The Kier molecular flexibility index (Phi) is 10.9. The summed E-state index contributed by atoms with van der Waals surface area (Å²) < 4.78 is 4.44. The van der Waals surface area contributed by atoms with Gasteiger partial charge in [-0.3, -0.25) is 0 Å². The van der Waals surface area contributed by atoms with Crippen LogP contribution in [-0.2, 0) is 9.53 Å². The van der Waals surface area contributed by atoms with Gasteiger partial charge in [-0.2, -0.15) is 0 Å². The molecule has 0 fully saturated rings. The van der Waals surface area contributed by atoms with E-state index in [4.69, 9.17) is 0 Å². The third-order valence-electron chi connectivity index (χ3n) is 2.26. The van der Waals surface area contributed by atoms with E-state index in [1.54, 1.807) is 6.08 Å². The second kappa shape index (κ2) is 11.8. The van der Waals surface area contributed by atoms with Crippen LogP contribution in [0.5, 0.6) is 0 Å². The molecule has 0 atom stereocenters. The largest absolute Gasteiger partial charge is 0.466 e. The highest BCUT2D eigenvalue weighted by Crippen LogP contribution is 2.05. The molecule has 0 rings (SSSR count). The van der Waals surface area contributed by atoms with E-state index >= 15 is 0 Å². The average molecular weight is 222 g/mol. The number of carbonyl (C=O) groups is 1. The number of carbonyl (C=O) groups excluding carboxylic acids is 1. The van der Waals surface area contributed by atoms with Crippen molar-refractivity contribution >= 4 is 5.97 Å². The topological polar surface area (TPSA) is 26.3 Å². The molecule has 0 amide bonds. The standard InChI is InChI=1S/C14H22O2/c1-3-4-5-6-7-8-9-10-11-12-13-14(15)16-2/h12-13H,3-9H2,1-2H3/b13-12-. The number of unbranched alkanes of at least 4 members (excludes halogenated alkanes) is 6. The minimum atomic E-state index is -0.353. The predicted octanol–water partition coefficient (Wildman–Crippen LogP) is 3.47. The Morgan fingerprint density at radius 3 is 2.56 bits per heavy atom. The van der Waals surface area contributed by atoms with Crippen molar-refractivity contribution in [1.29, 1.82) is 0 Å². The van der Waals surface area contributed by atoms with Crippen LogP contribution in [0.1, 0.15) is 51.9 Å². The maximum atomic E-state index is 10.7. The molecular weight excluding hydrogens is 200 g/mol. The number of hydrogen-bond donors (Lipinski definition) is 0. The lowest BCUT2D eigenvalue weighted by Crippen LogP contribution is -1.92. The van der Waals surface area contributed by atoms with Gasteiger partial charge in [-0.1, -0.05) is 50.9 Å². The van der Waals surface area contributed by atoms with Crippen LogP contribution in [0.3, 0.4) is 0 Å². The summed E-state index contributed by atoms with van der Waals surface area (Å²) in [5.74, 6) is 5.48. The van der Waals surface area contributed by atoms with Gasteiger partial charge in [-0.25, -0.2) is 4.79 Å². The smallest absolute Gasteiger partial charge is 0.331 e. The highest BCUT2D eigenvalue weighted by molar-refractivity contribution is 5.82. The van der Waals surface area contributed by atoms with E-state index in [1.165, 1.54) is 45.3 Å². The summed E-state index contributed by atoms with van der Waals surface area (Å²) in [6.45, 7) is 2.22. The predicted molar refractivity (Wildman–Crippen MR) is 66.9 cm³/mol. The van der Waals surface area contributed by atoms with Crippen LogP contribution in [0.15, 0.2) is 12.2 Å². The van der Waals surface area contributed by atoms with Gasteiger partial charge in [-0.05, 0) is 12.5 Å².